The zero-order valence-electron chi connectivity index (χ0n) is 12.9. The van der Waals surface area contributed by atoms with E-state index in [1.54, 1.807) is 14.2 Å². The maximum Gasteiger partial charge on any atom is 0.220 e. The number of nitrogens with one attached hydrogen (secondary N) is 2. The normalized spacial score (nSPS) is 9.67. The highest BCUT2D eigenvalue weighted by Gasteiger charge is 2.05. The fraction of sp³-hybridized carbons (Fsp3) is 0.533. The van der Waals surface area contributed by atoms with Crippen molar-refractivity contribution in [3.8, 4) is 11.5 Å². The summed E-state index contributed by atoms with van der Waals surface area (Å²) < 4.78 is 10.4. The second-order valence-corrected chi connectivity index (χ2v) is 4.42. The lowest BCUT2D eigenvalue weighted by molar-refractivity contribution is -0.121. The molecule has 0 aliphatic rings. The van der Waals surface area contributed by atoms with Gasteiger partial charge < -0.3 is 20.1 Å². The molecule has 2 N–H and O–H groups in total. The van der Waals surface area contributed by atoms with Crippen molar-refractivity contribution in [1.82, 2.24) is 10.6 Å². The molecule has 6 heteroatoms. The van der Waals surface area contributed by atoms with Crippen molar-refractivity contribution in [2.45, 2.75) is 19.8 Å². The SMILES string of the molecule is CCNCCNC(=O)CCc1cc(OC)cc(OC)c1.Cl. The molecule has 1 aromatic carbocycles. The lowest BCUT2D eigenvalue weighted by Gasteiger charge is -2.09. The Bertz CT molecular complexity index is 405. The molecule has 0 radical (unpaired) electrons. The third-order valence-corrected chi connectivity index (χ3v) is 2.93. The second kappa shape index (κ2) is 11.2. The monoisotopic (exact) mass is 316 g/mol. The van der Waals surface area contributed by atoms with Gasteiger partial charge in [-0.05, 0) is 30.7 Å². The molecule has 0 heterocycles. The van der Waals surface area contributed by atoms with E-state index < -0.39 is 0 Å². The number of rotatable bonds is 9. The Hall–Kier alpha value is -1.46. The van der Waals surface area contributed by atoms with Crippen molar-refractivity contribution >= 4 is 18.3 Å². The summed E-state index contributed by atoms with van der Waals surface area (Å²) in [4.78, 5) is 11.7. The number of methoxy groups -OCH3 is 2. The van der Waals surface area contributed by atoms with Gasteiger partial charge in [0.05, 0.1) is 14.2 Å². The minimum Gasteiger partial charge on any atom is -0.497 e. The van der Waals surface area contributed by atoms with Crippen LogP contribution in [-0.2, 0) is 11.2 Å². The van der Waals surface area contributed by atoms with Gasteiger partial charge in [0.15, 0.2) is 0 Å². The molecule has 1 rings (SSSR count). The number of aryl methyl sites for hydroxylation is 1. The summed E-state index contributed by atoms with van der Waals surface area (Å²) in [6, 6.07) is 5.67. The highest BCUT2D eigenvalue weighted by atomic mass is 35.5. The van der Waals surface area contributed by atoms with Crippen LogP contribution >= 0.6 is 12.4 Å². The highest BCUT2D eigenvalue weighted by molar-refractivity contribution is 5.85. The molecule has 5 nitrogen and oxygen atoms in total. The molecule has 0 aliphatic carbocycles. The average Bonchev–Trinajstić information content (AvgIpc) is 2.49. The van der Waals surface area contributed by atoms with Crippen LogP contribution in [0.15, 0.2) is 18.2 Å². The Morgan fingerprint density at radius 1 is 1.10 bits per heavy atom. The molecule has 120 valence electrons. The first-order valence-corrected chi connectivity index (χ1v) is 6.89. The van der Waals surface area contributed by atoms with E-state index in [2.05, 4.69) is 10.6 Å². The third kappa shape index (κ3) is 7.78. The van der Waals surface area contributed by atoms with Gasteiger partial charge in [-0.1, -0.05) is 6.92 Å². The van der Waals surface area contributed by atoms with Crippen LogP contribution in [0.2, 0.25) is 0 Å². The van der Waals surface area contributed by atoms with E-state index in [-0.39, 0.29) is 18.3 Å². The third-order valence-electron chi connectivity index (χ3n) is 2.93. The van der Waals surface area contributed by atoms with E-state index in [0.717, 1.165) is 30.2 Å². The summed E-state index contributed by atoms with van der Waals surface area (Å²) in [5.74, 6) is 1.54. The van der Waals surface area contributed by atoms with Crippen LogP contribution in [0.5, 0.6) is 11.5 Å². The molecule has 0 atom stereocenters. The summed E-state index contributed by atoms with van der Waals surface area (Å²) in [6.07, 6.45) is 1.13. The molecule has 0 unspecified atom stereocenters. The molecule has 1 amide bonds. The Morgan fingerprint density at radius 2 is 1.71 bits per heavy atom. The number of carbonyl (C=O) groups is 1. The fourth-order valence-electron chi connectivity index (χ4n) is 1.82. The van der Waals surface area contributed by atoms with Gasteiger partial charge in [-0.3, -0.25) is 4.79 Å². The molecule has 0 saturated carbocycles. The van der Waals surface area contributed by atoms with Gasteiger partial charge in [0.1, 0.15) is 11.5 Å². The Kier molecular flexibility index (Phi) is 10.4. The number of hydrogen-bond acceptors (Lipinski definition) is 4. The average molecular weight is 317 g/mol. The maximum absolute atomic E-state index is 11.7. The lowest BCUT2D eigenvalue weighted by atomic mass is 10.1. The molecule has 0 spiro atoms. The van der Waals surface area contributed by atoms with Crippen LogP contribution in [-0.4, -0.2) is 39.8 Å². The number of amides is 1. The smallest absolute Gasteiger partial charge is 0.220 e. The minimum atomic E-state index is 0. The Labute approximate surface area is 132 Å². The van der Waals surface area contributed by atoms with Gasteiger partial charge in [0.25, 0.3) is 0 Å². The number of likely N-dealkylation sites (N-methyl/N-ethyl adjacent to an activating group) is 1. The lowest BCUT2D eigenvalue weighted by Crippen LogP contribution is -2.31. The summed E-state index contributed by atoms with van der Waals surface area (Å²) >= 11 is 0. The quantitative estimate of drug-likeness (QED) is 0.682. The van der Waals surface area contributed by atoms with Crippen LogP contribution in [0.1, 0.15) is 18.9 Å². The van der Waals surface area contributed by atoms with E-state index in [0.29, 0.717) is 19.4 Å². The first-order chi connectivity index (χ1) is 9.69. The van der Waals surface area contributed by atoms with Gasteiger partial charge in [-0.15, -0.1) is 12.4 Å². The van der Waals surface area contributed by atoms with E-state index in [1.807, 2.05) is 25.1 Å². The first kappa shape index (κ1) is 19.5. The van der Waals surface area contributed by atoms with Crippen molar-refractivity contribution in [2.24, 2.45) is 0 Å². The van der Waals surface area contributed by atoms with E-state index in [1.165, 1.54) is 0 Å². The number of ether oxygens (including phenoxy) is 2. The van der Waals surface area contributed by atoms with Gasteiger partial charge in [-0.25, -0.2) is 0 Å². The zero-order chi connectivity index (χ0) is 14.8. The molecule has 0 saturated heterocycles. The van der Waals surface area contributed by atoms with Crippen molar-refractivity contribution in [2.75, 3.05) is 33.9 Å². The molecule has 0 bridgehead atoms. The first-order valence-electron chi connectivity index (χ1n) is 6.89. The number of benzene rings is 1. The van der Waals surface area contributed by atoms with Gasteiger partial charge in [0, 0.05) is 25.6 Å². The van der Waals surface area contributed by atoms with Crippen LogP contribution in [0.4, 0.5) is 0 Å². The van der Waals surface area contributed by atoms with Crippen LogP contribution in [0.25, 0.3) is 0 Å². The molecular formula is C15H25ClN2O3. The maximum atomic E-state index is 11.7. The van der Waals surface area contributed by atoms with Crippen molar-refractivity contribution < 1.29 is 14.3 Å². The largest absolute Gasteiger partial charge is 0.497 e. The van der Waals surface area contributed by atoms with Crippen LogP contribution in [0.3, 0.4) is 0 Å². The van der Waals surface area contributed by atoms with E-state index in [9.17, 15) is 4.79 Å². The highest BCUT2D eigenvalue weighted by Crippen LogP contribution is 2.23. The van der Waals surface area contributed by atoms with E-state index in [4.69, 9.17) is 9.47 Å². The predicted molar refractivity (Wildman–Crippen MR) is 86.7 cm³/mol. The number of carbonyl (C=O) groups excluding carboxylic acids is 1. The molecule has 1 aromatic rings. The van der Waals surface area contributed by atoms with Crippen molar-refractivity contribution in [3.63, 3.8) is 0 Å². The summed E-state index contributed by atoms with van der Waals surface area (Å²) in [6.45, 7) is 4.42. The zero-order valence-corrected chi connectivity index (χ0v) is 13.7. The topological polar surface area (TPSA) is 59.6 Å². The standard InChI is InChI=1S/C15H24N2O3.ClH/c1-4-16-7-8-17-15(18)6-5-12-9-13(19-2)11-14(10-12)20-3;/h9-11,16H,4-8H2,1-3H3,(H,17,18);1H. The van der Waals surface area contributed by atoms with Gasteiger partial charge in [0.2, 0.25) is 5.91 Å². The van der Waals surface area contributed by atoms with Gasteiger partial charge in [-0.2, -0.15) is 0 Å². The predicted octanol–water partition coefficient (Wildman–Crippen LogP) is 1.78. The van der Waals surface area contributed by atoms with E-state index >= 15 is 0 Å². The van der Waals surface area contributed by atoms with Crippen LogP contribution < -0.4 is 20.1 Å². The summed E-state index contributed by atoms with van der Waals surface area (Å²) in [5.41, 5.74) is 1.03. The van der Waals surface area contributed by atoms with Gasteiger partial charge >= 0.3 is 0 Å². The Morgan fingerprint density at radius 3 is 2.24 bits per heavy atom. The van der Waals surface area contributed by atoms with Crippen molar-refractivity contribution in [3.05, 3.63) is 23.8 Å². The minimum absolute atomic E-state index is 0. The number of hydrogen-bond donors (Lipinski definition) is 2. The second-order valence-electron chi connectivity index (χ2n) is 4.42. The Balaban J connectivity index is 0.00000400. The molecule has 0 aromatic heterocycles. The fourth-order valence-corrected chi connectivity index (χ4v) is 1.82. The molecule has 21 heavy (non-hydrogen) atoms. The summed E-state index contributed by atoms with van der Waals surface area (Å²) in [5, 5.41) is 6.04. The molecule has 0 aliphatic heterocycles. The van der Waals surface area contributed by atoms with Crippen molar-refractivity contribution in [1.29, 1.82) is 0 Å². The molecule has 0 fully saturated rings. The number of halogens is 1. The molecular weight excluding hydrogens is 292 g/mol. The summed E-state index contributed by atoms with van der Waals surface area (Å²) in [7, 11) is 3.23. The van der Waals surface area contributed by atoms with Crippen LogP contribution in [0, 0.1) is 0 Å².